The first-order valence-corrected chi connectivity index (χ1v) is 13.0. The van der Waals surface area contributed by atoms with E-state index in [0.29, 0.717) is 21.9 Å². The van der Waals surface area contributed by atoms with Gasteiger partial charge in [-0.25, -0.2) is 8.42 Å². The fourth-order valence-electron chi connectivity index (χ4n) is 3.76. The zero-order valence-electron chi connectivity index (χ0n) is 18.7. The van der Waals surface area contributed by atoms with Gasteiger partial charge in [0.25, 0.3) is 5.91 Å². The number of fused-ring (bicyclic) bond motifs is 1. The molecule has 2 heterocycles. The Morgan fingerprint density at radius 1 is 1.11 bits per heavy atom. The molecule has 1 unspecified atom stereocenters. The molecule has 0 saturated carbocycles. The lowest BCUT2D eigenvalue weighted by Crippen LogP contribution is -2.50. The van der Waals surface area contributed by atoms with Crippen molar-refractivity contribution in [1.29, 1.82) is 0 Å². The summed E-state index contributed by atoms with van der Waals surface area (Å²) in [6.07, 6.45) is 0. The molecule has 0 spiro atoms. The van der Waals surface area contributed by atoms with Crippen LogP contribution in [0.15, 0.2) is 70.9 Å². The minimum Gasteiger partial charge on any atom is -0.481 e. The summed E-state index contributed by atoms with van der Waals surface area (Å²) in [5.41, 5.74) is 1.01. The summed E-state index contributed by atoms with van der Waals surface area (Å²) in [5.74, 6) is 4.18. The number of carboxylic acids is 1. The minimum atomic E-state index is -4.23. The predicted octanol–water partition coefficient (Wildman–Crippen LogP) is 3.45. The highest BCUT2D eigenvalue weighted by atomic mass is 32.2. The smallest absolute Gasteiger partial charge is 0.323 e. The van der Waals surface area contributed by atoms with E-state index in [9.17, 15) is 23.1 Å². The second kappa shape index (κ2) is 10.3. The minimum absolute atomic E-state index is 0.0757. The highest BCUT2D eigenvalue weighted by Crippen LogP contribution is 2.33. The summed E-state index contributed by atoms with van der Waals surface area (Å²) >= 11 is 1.24. The molecule has 1 aromatic heterocycles. The summed E-state index contributed by atoms with van der Waals surface area (Å²) in [4.78, 5) is 27.3. The van der Waals surface area contributed by atoms with E-state index < -0.39 is 22.0 Å². The van der Waals surface area contributed by atoms with Crippen LogP contribution in [0.3, 0.4) is 0 Å². The SMILES string of the molecule is CC#CCOc1ccc(S(=O)(=O)N2Cc3ccccc3N(C(=O)c3cccs3)CC2C(=O)O)cc1. The van der Waals surface area contributed by atoms with E-state index in [0.717, 1.165) is 4.31 Å². The Hall–Kier alpha value is -3.65. The monoisotopic (exact) mass is 510 g/mol. The van der Waals surface area contributed by atoms with Gasteiger partial charge < -0.3 is 14.7 Å². The first-order valence-electron chi connectivity index (χ1n) is 10.6. The van der Waals surface area contributed by atoms with Gasteiger partial charge in [0.05, 0.1) is 16.3 Å². The number of ether oxygens (including phenoxy) is 1. The highest BCUT2D eigenvalue weighted by molar-refractivity contribution is 7.89. The molecule has 1 N–H and O–H groups in total. The standard InChI is InChI=1S/C25H22N2O6S2/c1-2-3-14-33-19-10-12-20(13-11-19)35(31,32)27-16-18-7-4-5-8-21(18)26(17-22(27)25(29)30)24(28)23-9-6-15-34-23/h4-13,15,22H,14,16-17H2,1H3,(H,29,30). The van der Waals surface area contributed by atoms with Gasteiger partial charge in [-0.3, -0.25) is 9.59 Å². The molecule has 1 aliphatic rings. The number of para-hydroxylation sites is 1. The molecular weight excluding hydrogens is 488 g/mol. The van der Waals surface area contributed by atoms with Crippen LogP contribution in [0.1, 0.15) is 22.2 Å². The number of benzene rings is 2. The Labute approximate surface area is 207 Å². The van der Waals surface area contributed by atoms with Crippen LogP contribution in [0.2, 0.25) is 0 Å². The molecule has 4 rings (SSSR count). The van der Waals surface area contributed by atoms with Crippen LogP contribution in [0.4, 0.5) is 5.69 Å². The third-order valence-corrected chi connectivity index (χ3v) is 8.22. The maximum atomic E-state index is 13.6. The van der Waals surface area contributed by atoms with Crippen molar-refractivity contribution in [3.63, 3.8) is 0 Å². The second-order valence-corrected chi connectivity index (χ2v) is 10.5. The van der Waals surface area contributed by atoms with Crippen molar-refractivity contribution in [3.8, 4) is 17.6 Å². The van der Waals surface area contributed by atoms with E-state index in [2.05, 4.69) is 11.8 Å². The Balaban J connectivity index is 1.72. The number of anilines is 1. The fraction of sp³-hybridized carbons (Fsp3) is 0.200. The zero-order valence-corrected chi connectivity index (χ0v) is 20.4. The van der Waals surface area contributed by atoms with E-state index in [1.54, 1.807) is 48.7 Å². The Kier molecular flexibility index (Phi) is 7.21. The van der Waals surface area contributed by atoms with Gasteiger partial charge >= 0.3 is 5.97 Å². The number of nitrogens with zero attached hydrogens (tertiary/aromatic N) is 2. The summed E-state index contributed by atoms with van der Waals surface area (Å²) in [6.45, 7) is 1.32. The number of rotatable bonds is 6. The molecule has 1 amide bonds. The average molecular weight is 511 g/mol. The number of carboxylic acid groups (broad SMARTS) is 1. The van der Waals surface area contributed by atoms with E-state index in [4.69, 9.17) is 4.74 Å². The number of thiophene rings is 1. The first-order chi connectivity index (χ1) is 16.8. The third kappa shape index (κ3) is 5.07. The molecule has 0 fully saturated rings. The molecule has 2 aromatic carbocycles. The van der Waals surface area contributed by atoms with Gasteiger partial charge in [-0.2, -0.15) is 4.31 Å². The van der Waals surface area contributed by atoms with Crippen molar-refractivity contribution in [2.75, 3.05) is 18.1 Å². The number of hydrogen-bond donors (Lipinski definition) is 1. The van der Waals surface area contributed by atoms with Crippen LogP contribution >= 0.6 is 11.3 Å². The van der Waals surface area contributed by atoms with Crippen LogP contribution in [-0.4, -0.2) is 48.9 Å². The van der Waals surface area contributed by atoms with Gasteiger partial charge in [0, 0.05) is 12.2 Å². The Bertz CT molecular complexity index is 1390. The molecule has 0 saturated heterocycles. The zero-order chi connectivity index (χ0) is 25.0. The third-order valence-electron chi connectivity index (χ3n) is 5.49. The fourth-order valence-corrected chi connectivity index (χ4v) is 5.99. The quantitative estimate of drug-likeness (QED) is 0.510. The molecule has 0 radical (unpaired) electrons. The number of carbonyl (C=O) groups excluding carboxylic acids is 1. The number of sulfonamides is 1. The largest absolute Gasteiger partial charge is 0.481 e. The molecular formula is C25H22N2O6S2. The number of amides is 1. The summed E-state index contributed by atoms with van der Waals surface area (Å²) < 4.78 is 33.7. The van der Waals surface area contributed by atoms with E-state index >= 15 is 0 Å². The lowest BCUT2D eigenvalue weighted by molar-refractivity contribution is -0.141. The number of aliphatic carboxylic acids is 1. The topological polar surface area (TPSA) is 104 Å². The van der Waals surface area contributed by atoms with Crippen molar-refractivity contribution in [3.05, 3.63) is 76.5 Å². The lowest BCUT2D eigenvalue weighted by Gasteiger charge is -2.28. The second-order valence-electron chi connectivity index (χ2n) is 7.61. The lowest BCUT2D eigenvalue weighted by atomic mass is 10.1. The van der Waals surface area contributed by atoms with Crippen molar-refractivity contribution < 1.29 is 27.9 Å². The van der Waals surface area contributed by atoms with E-state index in [1.807, 2.05) is 0 Å². The molecule has 0 aliphatic carbocycles. The van der Waals surface area contributed by atoms with Gasteiger partial charge in [0.15, 0.2) is 0 Å². The molecule has 1 aliphatic heterocycles. The van der Waals surface area contributed by atoms with Gasteiger partial charge in [0.2, 0.25) is 10.0 Å². The predicted molar refractivity (Wildman–Crippen MR) is 132 cm³/mol. The molecule has 0 bridgehead atoms. The molecule has 3 aromatic rings. The van der Waals surface area contributed by atoms with Crippen LogP contribution < -0.4 is 9.64 Å². The number of carbonyl (C=O) groups is 2. The summed E-state index contributed by atoms with van der Waals surface area (Å²) in [7, 11) is -4.23. The van der Waals surface area contributed by atoms with Gasteiger partial charge in [-0.05, 0) is 54.3 Å². The normalized spacial score (nSPS) is 15.9. The average Bonchev–Trinajstić information content (AvgIpc) is 3.33. The highest BCUT2D eigenvalue weighted by Gasteiger charge is 2.41. The Morgan fingerprint density at radius 3 is 2.51 bits per heavy atom. The van der Waals surface area contributed by atoms with Crippen molar-refractivity contribution in [2.45, 2.75) is 24.4 Å². The van der Waals surface area contributed by atoms with Crippen molar-refractivity contribution in [2.24, 2.45) is 0 Å². The molecule has 180 valence electrons. The van der Waals surface area contributed by atoms with Crippen molar-refractivity contribution in [1.82, 2.24) is 4.31 Å². The molecule has 10 heteroatoms. The van der Waals surface area contributed by atoms with Gasteiger partial charge in [-0.15, -0.1) is 17.3 Å². The van der Waals surface area contributed by atoms with Crippen LogP contribution in [-0.2, 0) is 21.4 Å². The molecule has 35 heavy (non-hydrogen) atoms. The van der Waals surface area contributed by atoms with E-state index in [-0.39, 0.29) is 30.5 Å². The Morgan fingerprint density at radius 2 is 1.86 bits per heavy atom. The van der Waals surface area contributed by atoms with Crippen LogP contribution in [0.5, 0.6) is 5.75 Å². The van der Waals surface area contributed by atoms with Crippen LogP contribution in [0, 0.1) is 11.8 Å². The van der Waals surface area contributed by atoms with Gasteiger partial charge in [-0.1, -0.05) is 30.2 Å². The van der Waals surface area contributed by atoms with Crippen molar-refractivity contribution >= 4 is 38.9 Å². The summed E-state index contributed by atoms with van der Waals surface area (Å²) in [6, 6.07) is 14.5. The van der Waals surface area contributed by atoms with E-state index in [1.165, 1.54) is 40.5 Å². The van der Waals surface area contributed by atoms with Gasteiger partial charge in [0.1, 0.15) is 18.4 Å². The molecule has 1 atom stereocenters. The first kappa shape index (κ1) is 24.5. The summed E-state index contributed by atoms with van der Waals surface area (Å²) in [5, 5.41) is 11.8. The maximum absolute atomic E-state index is 13.6. The molecule has 8 nitrogen and oxygen atoms in total. The van der Waals surface area contributed by atoms with Crippen LogP contribution in [0.25, 0.3) is 0 Å². The maximum Gasteiger partial charge on any atom is 0.323 e. The number of hydrogen-bond acceptors (Lipinski definition) is 6.